The minimum absolute atomic E-state index is 0.177. The summed E-state index contributed by atoms with van der Waals surface area (Å²) in [6, 6.07) is 9.79. The summed E-state index contributed by atoms with van der Waals surface area (Å²) in [7, 11) is 0. The van der Waals surface area contributed by atoms with Crippen molar-refractivity contribution in [3.05, 3.63) is 69.1 Å². The molecule has 2 rings (SSSR count). The zero-order valence-electron chi connectivity index (χ0n) is 15.7. The van der Waals surface area contributed by atoms with Crippen LogP contribution in [0.2, 0.25) is 5.02 Å². The standard InChI is InChI=1S/C20H23ClN2O5/c1-2-27-11-5-10-22-18(24)14-28-20(26)16-8-9-19(25)23(13-16)12-15-6-3-4-7-17(15)21/h3-4,6-9,13H,2,5,10-12,14H2,1H3,(H,22,24). The van der Waals surface area contributed by atoms with Crippen molar-refractivity contribution in [2.75, 3.05) is 26.4 Å². The number of rotatable bonds is 10. The van der Waals surface area contributed by atoms with E-state index in [0.717, 1.165) is 5.56 Å². The molecular formula is C20H23ClN2O5. The first kappa shape index (κ1) is 21.7. The first-order valence-electron chi connectivity index (χ1n) is 8.96. The number of hydrogen-bond donors (Lipinski definition) is 1. The minimum atomic E-state index is -0.683. The molecule has 28 heavy (non-hydrogen) atoms. The smallest absolute Gasteiger partial charge is 0.340 e. The van der Waals surface area contributed by atoms with Gasteiger partial charge in [-0.25, -0.2) is 4.79 Å². The lowest BCUT2D eigenvalue weighted by atomic mass is 10.2. The van der Waals surface area contributed by atoms with Gasteiger partial charge < -0.3 is 19.4 Å². The molecule has 0 aliphatic heterocycles. The van der Waals surface area contributed by atoms with Gasteiger partial charge in [0.15, 0.2) is 6.61 Å². The van der Waals surface area contributed by atoms with Crippen molar-refractivity contribution in [2.45, 2.75) is 19.9 Å². The van der Waals surface area contributed by atoms with E-state index in [2.05, 4.69) is 5.32 Å². The molecule has 1 amide bonds. The Morgan fingerprint density at radius 2 is 1.96 bits per heavy atom. The molecule has 8 heteroatoms. The van der Waals surface area contributed by atoms with Gasteiger partial charge in [-0.3, -0.25) is 9.59 Å². The number of benzene rings is 1. The van der Waals surface area contributed by atoms with Crippen LogP contribution in [0.1, 0.15) is 29.3 Å². The number of esters is 1. The third-order valence-electron chi connectivity index (χ3n) is 3.84. The highest BCUT2D eigenvalue weighted by Crippen LogP contribution is 2.15. The van der Waals surface area contributed by atoms with E-state index in [4.69, 9.17) is 21.1 Å². The van der Waals surface area contributed by atoms with E-state index in [1.54, 1.807) is 18.2 Å². The lowest BCUT2D eigenvalue weighted by molar-refractivity contribution is -0.124. The van der Waals surface area contributed by atoms with Gasteiger partial charge in [0.2, 0.25) is 0 Å². The molecule has 0 spiro atoms. The van der Waals surface area contributed by atoms with Crippen molar-refractivity contribution in [3.63, 3.8) is 0 Å². The predicted octanol–water partition coefficient (Wildman–Crippen LogP) is 2.25. The second-order valence-electron chi connectivity index (χ2n) is 5.95. The van der Waals surface area contributed by atoms with Crippen molar-refractivity contribution in [1.29, 1.82) is 0 Å². The van der Waals surface area contributed by atoms with Gasteiger partial charge in [-0.1, -0.05) is 29.8 Å². The third kappa shape index (κ3) is 6.83. The summed E-state index contributed by atoms with van der Waals surface area (Å²) in [5.74, 6) is -1.08. The maximum absolute atomic E-state index is 12.2. The first-order valence-corrected chi connectivity index (χ1v) is 9.34. The van der Waals surface area contributed by atoms with E-state index in [-0.39, 0.29) is 17.7 Å². The Bertz CT molecular complexity index is 866. The van der Waals surface area contributed by atoms with Crippen LogP contribution in [-0.2, 0) is 20.8 Å². The van der Waals surface area contributed by atoms with Gasteiger partial charge in [-0.15, -0.1) is 0 Å². The SMILES string of the molecule is CCOCCCNC(=O)COC(=O)c1ccc(=O)n(Cc2ccccc2Cl)c1. The van der Waals surface area contributed by atoms with Crippen molar-refractivity contribution < 1.29 is 19.1 Å². The molecule has 0 aliphatic rings. The van der Waals surface area contributed by atoms with Crippen LogP contribution in [0.5, 0.6) is 0 Å². The van der Waals surface area contributed by atoms with Gasteiger partial charge in [0.25, 0.3) is 11.5 Å². The summed E-state index contributed by atoms with van der Waals surface area (Å²) in [5, 5.41) is 3.17. The average Bonchev–Trinajstić information content (AvgIpc) is 2.69. The van der Waals surface area contributed by atoms with Gasteiger partial charge >= 0.3 is 5.97 Å². The van der Waals surface area contributed by atoms with Crippen molar-refractivity contribution in [2.24, 2.45) is 0 Å². The molecule has 0 bridgehead atoms. The molecule has 0 fully saturated rings. The number of nitrogens with one attached hydrogen (secondary N) is 1. The Morgan fingerprint density at radius 1 is 1.18 bits per heavy atom. The first-order chi connectivity index (χ1) is 13.5. The van der Waals surface area contributed by atoms with E-state index < -0.39 is 18.5 Å². The number of pyridine rings is 1. The van der Waals surface area contributed by atoms with Gasteiger partial charge in [0, 0.05) is 37.0 Å². The molecule has 7 nitrogen and oxygen atoms in total. The van der Waals surface area contributed by atoms with Crippen LogP contribution in [-0.4, -0.2) is 42.8 Å². The van der Waals surface area contributed by atoms with Gasteiger partial charge in [0.1, 0.15) is 0 Å². The summed E-state index contributed by atoms with van der Waals surface area (Å²) >= 11 is 6.12. The number of carbonyl (C=O) groups is 2. The van der Waals surface area contributed by atoms with Crippen LogP contribution in [0, 0.1) is 0 Å². The molecule has 0 radical (unpaired) electrons. The molecular weight excluding hydrogens is 384 g/mol. The quantitative estimate of drug-likeness (QED) is 0.483. The minimum Gasteiger partial charge on any atom is -0.452 e. The molecule has 150 valence electrons. The number of carbonyl (C=O) groups excluding carboxylic acids is 2. The van der Waals surface area contributed by atoms with E-state index in [1.807, 2.05) is 13.0 Å². The highest BCUT2D eigenvalue weighted by atomic mass is 35.5. The lowest BCUT2D eigenvalue weighted by Crippen LogP contribution is -2.30. The maximum Gasteiger partial charge on any atom is 0.340 e. The fourth-order valence-corrected chi connectivity index (χ4v) is 2.59. The Kier molecular flexibility index (Phi) is 8.71. The summed E-state index contributed by atoms with van der Waals surface area (Å²) in [4.78, 5) is 36.0. The van der Waals surface area contributed by atoms with Gasteiger partial charge in [-0.05, 0) is 31.0 Å². The molecule has 2 aromatic rings. The highest BCUT2D eigenvalue weighted by molar-refractivity contribution is 6.31. The topological polar surface area (TPSA) is 86.6 Å². The van der Waals surface area contributed by atoms with Crippen LogP contribution in [0.15, 0.2) is 47.4 Å². The predicted molar refractivity (Wildman–Crippen MR) is 106 cm³/mol. The second-order valence-corrected chi connectivity index (χ2v) is 6.36. The molecule has 1 N–H and O–H groups in total. The van der Waals surface area contributed by atoms with Crippen LogP contribution in [0.3, 0.4) is 0 Å². The highest BCUT2D eigenvalue weighted by Gasteiger charge is 2.12. The second kappa shape index (κ2) is 11.3. The molecule has 1 aromatic carbocycles. The van der Waals surface area contributed by atoms with E-state index in [1.165, 1.54) is 22.9 Å². The summed E-state index contributed by atoms with van der Waals surface area (Å²) in [6.07, 6.45) is 2.08. The monoisotopic (exact) mass is 406 g/mol. The van der Waals surface area contributed by atoms with E-state index in [0.29, 0.717) is 31.2 Å². The lowest BCUT2D eigenvalue weighted by Gasteiger charge is -2.10. The molecule has 1 heterocycles. The molecule has 0 aliphatic carbocycles. The summed E-state index contributed by atoms with van der Waals surface area (Å²) in [5.41, 5.74) is 0.655. The fourth-order valence-electron chi connectivity index (χ4n) is 2.40. The zero-order valence-corrected chi connectivity index (χ0v) is 16.4. The summed E-state index contributed by atoms with van der Waals surface area (Å²) < 4.78 is 11.5. The Labute approximate surface area is 168 Å². The van der Waals surface area contributed by atoms with Crippen molar-refractivity contribution in [3.8, 4) is 0 Å². The molecule has 0 unspecified atom stereocenters. The third-order valence-corrected chi connectivity index (χ3v) is 4.21. The van der Waals surface area contributed by atoms with Crippen LogP contribution in [0.4, 0.5) is 0 Å². The number of nitrogens with zero attached hydrogens (tertiary/aromatic N) is 1. The van der Waals surface area contributed by atoms with E-state index in [9.17, 15) is 14.4 Å². The van der Waals surface area contributed by atoms with Crippen LogP contribution in [0.25, 0.3) is 0 Å². The number of aromatic nitrogens is 1. The molecule has 0 saturated heterocycles. The largest absolute Gasteiger partial charge is 0.452 e. The van der Waals surface area contributed by atoms with Crippen molar-refractivity contribution in [1.82, 2.24) is 9.88 Å². The number of halogens is 1. The molecule has 1 aromatic heterocycles. The van der Waals surface area contributed by atoms with Gasteiger partial charge in [-0.2, -0.15) is 0 Å². The zero-order chi connectivity index (χ0) is 20.4. The maximum atomic E-state index is 12.2. The Balaban J connectivity index is 1.90. The van der Waals surface area contributed by atoms with Crippen LogP contribution >= 0.6 is 11.6 Å². The Hall–Kier alpha value is -2.64. The van der Waals surface area contributed by atoms with Crippen molar-refractivity contribution >= 4 is 23.5 Å². The fraction of sp³-hybridized carbons (Fsp3) is 0.350. The number of hydrogen-bond acceptors (Lipinski definition) is 5. The molecule has 0 saturated carbocycles. The van der Waals surface area contributed by atoms with E-state index >= 15 is 0 Å². The normalized spacial score (nSPS) is 10.5. The molecule has 0 atom stereocenters. The average molecular weight is 407 g/mol. The number of amides is 1. The summed E-state index contributed by atoms with van der Waals surface area (Å²) in [6.45, 7) is 3.36. The van der Waals surface area contributed by atoms with Gasteiger partial charge in [0.05, 0.1) is 12.1 Å². The number of ether oxygens (including phenoxy) is 2. The Morgan fingerprint density at radius 3 is 2.71 bits per heavy atom. The van der Waals surface area contributed by atoms with Crippen LogP contribution < -0.4 is 10.9 Å².